The Hall–Kier alpha value is -0.960. The van der Waals surface area contributed by atoms with Gasteiger partial charge in [0.15, 0.2) is 0 Å². The smallest absolute Gasteiger partial charge is 0.236 e. The summed E-state index contributed by atoms with van der Waals surface area (Å²) in [5, 5.41) is 0.455. The predicted molar refractivity (Wildman–Crippen MR) is 49.4 cm³/mol. The number of halogens is 1. The second-order valence-corrected chi connectivity index (χ2v) is 3.33. The fourth-order valence-electron chi connectivity index (χ4n) is 1.01. The number of methoxy groups -OCH3 is 1. The number of rotatable bonds is 3. The summed E-state index contributed by atoms with van der Waals surface area (Å²) in [4.78, 5) is 3.95. The maximum Gasteiger partial charge on any atom is 0.236 e. The molecule has 1 aliphatic carbocycles. The molecule has 0 unspecified atom stereocenters. The van der Waals surface area contributed by atoms with Crippen molar-refractivity contribution in [3.63, 3.8) is 0 Å². The molecule has 1 saturated carbocycles. The molecule has 1 aliphatic rings. The highest BCUT2D eigenvalue weighted by molar-refractivity contribution is 6.33. The summed E-state index contributed by atoms with van der Waals surface area (Å²) in [5.74, 6) is 1.08. The van der Waals surface area contributed by atoms with E-state index in [2.05, 4.69) is 4.98 Å². The molecule has 1 aromatic rings. The topological polar surface area (TPSA) is 31.4 Å². The monoisotopic (exact) mass is 199 g/mol. The maximum atomic E-state index is 5.97. The minimum Gasteiger partial charge on any atom is -0.489 e. The predicted octanol–water partition coefficient (Wildman–Crippen LogP) is 2.28. The summed E-state index contributed by atoms with van der Waals surface area (Å²) in [6.07, 6.45) is 4.19. The average Bonchev–Trinajstić information content (AvgIpc) is 2.92. The summed E-state index contributed by atoms with van der Waals surface area (Å²) < 4.78 is 10.5. The van der Waals surface area contributed by atoms with Crippen molar-refractivity contribution in [2.24, 2.45) is 0 Å². The van der Waals surface area contributed by atoms with Crippen LogP contribution in [-0.4, -0.2) is 18.2 Å². The molecule has 0 amide bonds. The van der Waals surface area contributed by atoms with E-state index in [1.54, 1.807) is 12.3 Å². The molecule has 0 N–H and O–H groups in total. The van der Waals surface area contributed by atoms with Crippen molar-refractivity contribution >= 4 is 11.6 Å². The van der Waals surface area contributed by atoms with Crippen LogP contribution in [0.25, 0.3) is 0 Å². The highest BCUT2D eigenvalue weighted by atomic mass is 35.5. The standard InChI is InChI=1S/C9H10ClNO2/c1-12-9-8(10)7(4-5-11-9)13-6-2-3-6/h4-6H,2-3H2,1H3. The number of hydrogen-bond acceptors (Lipinski definition) is 3. The van der Waals surface area contributed by atoms with E-state index in [0.717, 1.165) is 12.8 Å². The van der Waals surface area contributed by atoms with Crippen LogP contribution < -0.4 is 9.47 Å². The third-order valence-electron chi connectivity index (χ3n) is 1.83. The van der Waals surface area contributed by atoms with Gasteiger partial charge >= 0.3 is 0 Å². The first-order chi connectivity index (χ1) is 6.31. The Balaban J connectivity index is 2.22. The molecule has 0 bridgehead atoms. The molecular weight excluding hydrogens is 190 g/mol. The van der Waals surface area contributed by atoms with Crippen molar-refractivity contribution in [1.29, 1.82) is 0 Å². The van der Waals surface area contributed by atoms with E-state index in [-0.39, 0.29) is 0 Å². The quantitative estimate of drug-likeness (QED) is 0.749. The minimum atomic E-state index is 0.338. The lowest BCUT2D eigenvalue weighted by molar-refractivity contribution is 0.299. The normalized spacial score (nSPS) is 15.5. The highest BCUT2D eigenvalue weighted by Gasteiger charge is 2.25. The molecule has 0 saturated heterocycles. The molecule has 1 aromatic heterocycles. The molecular formula is C9H10ClNO2. The first-order valence-electron chi connectivity index (χ1n) is 4.16. The van der Waals surface area contributed by atoms with E-state index in [0.29, 0.717) is 22.8 Å². The second-order valence-electron chi connectivity index (χ2n) is 2.95. The zero-order chi connectivity index (χ0) is 9.26. The zero-order valence-electron chi connectivity index (χ0n) is 7.29. The van der Waals surface area contributed by atoms with Crippen LogP contribution in [0.4, 0.5) is 0 Å². The van der Waals surface area contributed by atoms with Gasteiger partial charge in [0.25, 0.3) is 0 Å². The number of hydrogen-bond donors (Lipinski definition) is 0. The van der Waals surface area contributed by atoms with Gasteiger partial charge < -0.3 is 9.47 Å². The molecule has 0 aliphatic heterocycles. The fraction of sp³-hybridized carbons (Fsp3) is 0.444. The van der Waals surface area contributed by atoms with E-state index in [1.807, 2.05) is 0 Å². The van der Waals surface area contributed by atoms with Gasteiger partial charge in [-0.1, -0.05) is 11.6 Å². The molecule has 1 heterocycles. The van der Waals surface area contributed by atoms with Crippen LogP contribution in [-0.2, 0) is 0 Å². The molecule has 0 spiro atoms. The Morgan fingerprint density at radius 3 is 2.92 bits per heavy atom. The molecule has 0 atom stereocenters. The first kappa shape index (κ1) is 8.63. The third kappa shape index (κ3) is 1.86. The Labute approximate surface area is 81.6 Å². The van der Waals surface area contributed by atoms with Gasteiger partial charge in [0.2, 0.25) is 5.88 Å². The van der Waals surface area contributed by atoms with Crippen molar-refractivity contribution in [2.45, 2.75) is 18.9 Å². The van der Waals surface area contributed by atoms with Crippen LogP contribution in [0, 0.1) is 0 Å². The summed E-state index contributed by atoms with van der Waals surface area (Å²) in [7, 11) is 1.54. The molecule has 0 aromatic carbocycles. The summed E-state index contributed by atoms with van der Waals surface area (Å²) >= 11 is 5.97. The number of nitrogens with zero attached hydrogens (tertiary/aromatic N) is 1. The molecule has 4 heteroatoms. The Morgan fingerprint density at radius 1 is 1.54 bits per heavy atom. The fourth-order valence-corrected chi connectivity index (χ4v) is 1.24. The van der Waals surface area contributed by atoms with Crippen LogP contribution in [0.5, 0.6) is 11.6 Å². The van der Waals surface area contributed by atoms with E-state index in [1.165, 1.54) is 7.11 Å². The lowest BCUT2D eigenvalue weighted by Gasteiger charge is -2.08. The Kier molecular flexibility index (Phi) is 2.27. The number of aromatic nitrogens is 1. The van der Waals surface area contributed by atoms with Gasteiger partial charge in [0.1, 0.15) is 10.8 Å². The van der Waals surface area contributed by atoms with E-state index < -0.39 is 0 Å². The van der Waals surface area contributed by atoms with Crippen LogP contribution in [0.1, 0.15) is 12.8 Å². The van der Waals surface area contributed by atoms with E-state index in [4.69, 9.17) is 21.1 Å². The first-order valence-corrected chi connectivity index (χ1v) is 4.54. The Morgan fingerprint density at radius 2 is 2.31 bits per heavy atom. The molecule has 2 rings (SSSR count). The van der Waals surface area contributed by atoms with Gasteiger partial charge in [-0.15, -0.1) is 0 Å². The number of pyridine rings is 1. The molecule has 1 fully saturated rings. The van der Waals surface area contributed by atoms with Crippen LogP contribution in [0.2, 0.25) is 5.02 Å². The van der Waals surface area contributed by atoms with Crippen LogP contribution in [0.3, 0.4) is 0 Å². The Bertz CT molecular complexity index is 312. The van der Waals surface area contributed by atoms with Gasteiger partial charge in [-0.3, -0.25) is 0 Å². The van der Waals surface area contributed by atoms with E-state index >= 15 is 0 Å². The molecule has 13 heavy (non-hydrogen) atoms. The average molecular weight is 200 g/mol. The van der Waals surface area contributed by atoms with Gasteiger partial charge in [-0.05, 0) is 12.8 Å². The second kappa shape index (κ2) is 3.42. The molecule has 0 radical (unpaired) electrons. The van der Waals surface area contributed by atoms with Crippen molar-refractivity contribution in [2.75, 3.05) is 7.11 Å². The van der Waals surface area contributed by atoms with Crippen molar-refractivity contribution in [1.82, 2.24) is 4.98 Å². The van der Waals surface area contributed by atoms with Crippen LogP contribution >= 0.6 is 11.6 Å². The largest absolute Gasteiger partial charge is 0.489 e. The maximum absolute atomic E-state index is 5.97. The highest BCUT2D eigenvalue weighted by Crippen LogP contribution is 2.35. The van der Waals surface area contributed by atoms with Gasteiger partial charge in [-0.25, -0.2) is 4.98 Å². The summed E-state index contributed by atoms with van der Waals surface area (Å²) in [6, 6.07) is 1.75. The van der Waals surface area contributed by atoms with Crippen LogP contribution in [0.15, 0.2) is 12.3 Å². The molecule has 70 valence electrons. The van der Waals surface area contributed by atoms with Gasteiger partial charge in [0.05, 0.1) is 13.2 Å². The lowest BCUT2D eigenvalue weighted by atomic mass is 10.4. The minimum absolute atomic E-state index is 0.338. The van der Waals surface area contributed by atoms with Crippen molar-refractivity contribution < 1.29 is 9.47 Å². The SMILES string of the molecule is COc1nccc(OC2CC2)c1Cl. The third-order valence-corrected chi connectivity index (χ3v) is 2.18. The zero-order valence-corrected chi connectivity index (χ0v) is 8.04. The van der Waals surface area contributed by atoms with Gasteiger partial charge in [-0.2, -0.15) is 0 Å². The summed E-state index contributed by atoms with van der Waals surface area (Å²) in [6.45, 7) is 0. The lowest BCUT2D eigenvalue weighted by Crippen LogP contribution is -1.98. The number of ether oxygens (including phenoxy) is 2. The van der Waals surface area contributed by atoms with Crippen molar-refractivity contribution in [3.05, 3.63) is 17.3 Å². The van der Waals surface area contributed by atoms with E-state index in [9.17, 15) is 0 Å². The molecule has 3 nitrogen and oxygen atoms in total. The summed E-state index contributed by atoms with van der Waals surface area (Å²) in [5.41, 5.74) is 0. The van der Waals surface area contributed by atoms with Crippen molar-refractivity contribution in [3.8, 4) is 11.6 Å². The van der Waals surface area contributed by atoms with Gasteiger partial charge in [0, 0.05) is 12.3 Å².